The number of benzene rings is 2. The minimum absolute atomic E-state index is 0.0610. The van der Waals surface area contributed by atoms with Crippen LogP contribution in [0, 0.1) is 13.8 Å². The molecule has 2 aromatic carbocycles. The third kappa shape index (κ3) is 5.02. The Morgan fingerprint density at radius 1 is 1.12 bits per heavy atom. The van der Waals surface area contributed by atoms with Gasteiger partial charge in [-0.15, -0.1) is 0 Å². The molecule has 2 atom stereocenters. The summed E-state index contributed by atoms with van der Waals surface area (Å²) in [4.78, 5) is 41.0. The lowest BCUT2D eigenvalue weighted by Gasteiger charge is -2.41. The van der Waals surface area contributed by atoms with Crippen LogP contribution in [0.3, 0.4) is 0 Å². The Labute approximate surface area is 194 Å². The number of fused-ring (bicyclic) bond motifs is 1. The molecule has 2 aliphatic rings. The van der Waals surface area contributed by atoms with E-state index in [1.54, 1.807) is 11.8 Å². The van der Waals surface area contributed by atoms with E-state index >= 15 is 0 Å². The molecule has 1 saturated carbocycles. The fourth-order valence-corrected chi connectivity index (χ4v) is 4.83. The minimum Gasteiger partial charge on any atom is -0.352 e. The smallest absolute Gasteiger partial charge is 0.247 e. The van der Waals surface area contributed by atoms with Gasteiger partial charge < -0.3 is 20.9 Å². The lowest BCUT2D eigenvalue weighted by Crippen LogP contribution is -2.58. The summed E-state index contributed by atoms with van der Waals surface area (Å²) in [5.74, 6) is -0.675. The minimum atomic E-state index is -0.796. The van der Waals surface area contributed by atoms with E-state index in [-0.39, 0.29) is 30.2 Å². The highest BCUT2D eigenvalue weighted by molar-refractivity contribution is 6.08. The van der Waals surface area contributed by atoms with Gasteiger partial charge >= 0.3 is 0 Å². The van der Waals surface area contributed by atoms with Gasteiger partial charge in [0.2, 0.25) is 17.7 Å². The molecule has 1 aliphatic heterocycles. The van der Waals surface area contributed by atoms with E-state index in [0.717, 1.165) is 48.2 Å². The highest BCUT2D eigenvalue weighted by Gasteiger charge is 2.39. The zero-order valence-electron chi connectivity index (χ0n) is 19.5. The number of carbonyl (C=O) groups is 3. The number of amides is 3. The summed E-state index contributed by atoms with van der Waals surface area (Å²) in [7, 11) is 0. The van der Waals surface area contributed by atoms with Crippen LogP contribution in [0.1, 0.15) is 50.2 Å². The largest absolute Gasteiger partial charge is 0.352 e. The van der Waals surface area contributed by atoms with Gasteiger partial charge in [0.25, 0.3) is 0 Å². The van der Waals surface area contributed by atoms with Gasteiger partial charge in [-0.3, -0.25) is 14.4 Å². The van der Waals surface area contributed by atoms with E-state index in [0.29, 0.717) is 5.69 Å². The SMILES string of the molecule is Cc1ccc(NC(=O)C[C@H]2C(=O)Nc3ccccc3N2[C@@H](C)C(=O)NC2CCCC2)c(C)c1. The molecular formula is C26H32N4O3. The second-order valence-corrected chi connectivity index (χ2v) is 9.17. The zero-order valence-corrected chi connectivity index (χ0v) is 19.5. The molecule has 174 valence electrons. The molecule has 2 aromatic rings. The first-order chi connectivity index (χ1) is 15.8. The van der Waals surface area contributed by atoms with E-state index in [1.807, 2.05) is 56.3 Å². The van der Waals surface area contributed by atoms with Crippen molar-refractivity contribution in [1.82, 2.24) is 5.32 Å². The van der Waals surface area contributed by atoms with Crippen LogP contribution in [0.15, 0.2) is 42.5 Å². The molecule has 7 nitrogen and oxygen atoms in total. The third-order valence-corrected chi connectivity index (χ3v) is 6.61. The number of carbonyl (C=O) groups excluding carboxylic acids is 3. The van der Waals surface area contributed by atoms with Crippen LogP contribution >= 0.6 is 0 Å². The highest BCUT2D eigenvalue weighted by Crippen LogP contribution is 2.35. The van der Waals surface area contributed by atoms with Gasteiger partial charge in [-0.25, -0.2) is 0 Å². The summed E-state index contributed by atoms with van der Waals surface area (Å²) in [6.07, 6.45) is 4.15. The van der Waals surface area contributed by atoms with Gasteiger partial charge in [-0.2, -0.15) is 0 Å². The van der Waals surface area contributed by atoms with E-state index in [9.17, 15) is 14.4 Å². The number of nitrogens with one attached hydrogen (secondary N) is 3. The van der Waals surface area contributed by atoms with Gasteiger partial charge in [0, 0.05) is 11.7 Å². The van der Waals surface area contributed by atoms with Crippen molar-refractivity contribution in [3.8, 4) is 0 Å². The van der Waals surface area contributed by atoms with Crippen molar-refractivity contribution in [2.75, 3.05) is 15.5 Å². The van der Waals surface area contributed by atoms with Crippen LogP contribution in [0.2, 0.25) is 0 Å². The predicted molar refractivity (Wildman–Crippen MR) is 130 cm³/mol. The van der Waals surface area contributed by atoms with Crippen LogP contribution in [-0.4, -0.2) is 35.8 Å². The Bertz CT molecular complexity index is 1060. The van der Waals surface area contributed by atoms with Gasteiger partial charge in [0.05, 0.1) is 17.8 Å². The van der Waals surface area contributed by atoms with Crippen LogP contribution in [0.4, 0.5) is 17.1 Å². The molecule has 1 fully saturated rings. The first-order valence-corrected chi connectivity index (χ1v) is 11.7. The number of para-hydroxylation sites is 2. The maximum absolute atomic E-state index is 13.1. The van der Waals surface area contributed by atoms with Crippen molar-refractivity contribution >= 4 is 34.8 Å². The number of rotatable bonds is 6. The molecular weight excluding hydrogens is 416 g/mol. The Hall–Kier alpha value is -3.35. The summed E-state index contributed by atoms with van der Waals surface area (Å²) in [5.41, 5.74) is 4.19. The van der Waals surface area contributed by atoms with Gasteiger partial charge in [-0.1, -0.05) is 42.7 Å². The third-order valence-electron chi connectivity index (χ3n) is 6.61. The molecule has 1 heterocycles. The number of anilines is 3. The lowest BCUT2D eigenvalue weighted by atomic mass is 10.0. The maximum Gasteiger partial charge on any atom is 0.247 e. The van der Waals surface area contributed by atoms with Gasteiger partial charge in [-0.05, 0) is 57.4 Å². The normalized spacial score (nSPS) is 18.9. The molecule has 0 bridgehead atoms. The summed E-state index contributed by atoms with van der Waals surface area (Å²) >= 11 is 0. The number of nitrogens with zero attached hydrogens (tertiary/aromatic N) is 1. The molecule has 4 rings (SSSR count). The van der Waals surface area contributed by atoms with Gasteiger partial charge in [0.1, 0.15) is 12.1 Å². The van der Waals surface area contributed by atoms with Crippen molar-refractivity contribution in [2.24, 2.45) is 0 Å². The van der Waals surface area contributed by atoms with E-state index in [4.69, 9.17) is 0 Å². The summed E-state index contributed by atoms with van der Waals surface area (Å²) in [5, 5.41) is 8.97. The monoisotopic (exact) mass is 448 g/mol. The van der Waals surface area contributed by atoms with E-state index in [2.05, 4.69) is 16.0 Å². The second-order valence-electron chi connectivity index (χ2n) is 9.17. The molecule has 3 amide bonds. The van der Waals surface area contributed by atoms with Gasteiger partial charge in [0.15, 0.2) is 0 Å². The Balaban J connectivity index is 1.56. The summed E-state index contributed by atoms with van der Waals surface area (Å²) in [6.45, 7) is 5.74. The van der Waals surface area contributed by atoms with Crippen LogP contribution < -0.4 is 20.9 Å². The topological polar surface area (TPSA) is 90.5 Å². The molecule has 1 aliphatic carbocycles. The fraction of sp³-hybridized carbons (Fsp3) is 0.423. The Morgan fingerprint density at radius 3 is 2.58 bits per heavy atom. The van der Waals surface area contributed by atoms with Crippen molar-refractivity contribution in [3.05, 3.63) is 53.6 Å². The molecule has 3 N–H and O–H groups in total. The number of aryl methyl sites for hydroxylation is 2. The zero-order chi connectivity index (χ0) is 23.5. The van der Waals surface area contributed by atoms with Crippen molar-refractivity contribution in [1.29, 1.82) is 0 Å². The van der Waals surface area contributed by atoms with Crippen molar-refractivity contribution < 1.29 is 14.4 Å². The first-order valence-electron chi connectivity index (χ1n) is 11.7. The average Bonchev–Trinajstić information content (AvgIpc) is 3.29. The summed E-state index contributed by atoms with van der Waals surface area (Å²) in [6, 6.07) is 12.0. The van der Waals surface area contributed by atoms with Crippen LogP contribution in [-0.2, 0) is 14.4 Å². The highest BCUT2D eigenvalue weighted by atomic mass is 16.2. The first kappa shape index (κ1) is 22.8. The quantitative estimate of drug-likeness (QED) is 0.625. The molecule has 0 aromatic heterocycles. The number of hydrogen-bond acceptors (Lipinski definition) is 4. The molecule has 0 spiro atoms. The molecule has 0 saturated heterocycles. The Kier molecular flexibility index (Phi) is 6.67. The lowest BCUT2D eigenvalue weighted by molar-refractivity contribution is -0.125. The standard InChI is InChI=1S/C26H32N4O3/c1-16-12-13-20(17(2)14-16)28-24(31)15-23-26(33)29-21-10-6-7-11-22(21)30(23)18(3)25(32)27-19-8-4-5-9-19/h6-7,10-14,18-19,23H,4-5,8-9,15H2,1-3H3,(H,27,32)(H,28,31)(H,29,33)/t18-,23-/m0/s1. The fourth-order valence-electron chi connectivity index (χ4n) is 4.83. The summed E-state index contributed by atoms with van der Waals surface area (Å²) < 4.78 is 0. The molecule has 33 heavy (non-hydrogen) atoms. The molecule has 7 heteroatoms. The van der Waals surface area contributed by atoms with Crippen LogP contribution in [0.5, 0.6) is 0 Å². The van der Waals surface area contributed by atoms with Crippen molar-refractivity contribution in [3.63, 3.8) is 0 Å². The second kappa shape index (κ2) is 9.65. The average molecular weight is 449 g/mol. The molecule has 0 radical (unpaired) electrons. The van der Waals surface area contributed by atoms with E-state index in [1.165, 1.54) is 0 Å². The number of hydrogen-bond donors (Lipinski definition) is 3. The Morgan fingerprint density at radius 2 is 1.85 bits per heavy atom. The predicted octanol–water partition coefficient (Wildman–Crippen LogP) is 3.91. The van der Waals surface area contributed by atoms with E-state index < -0.39 is 12.1 Å². The molecule has 0 unspecified atom stereocenters. The van der Waals surface area contributed by atoms with Crippen molar-refractivity contribution in [2.45, 2.75) is 71.0 Å². The maximum atomic E-state index is 13.1. The van der Waals surface area contributed by atoms with Crippen LogP contribution in [0.25, 0.3) is 0 Å².